The molecule has 1 fully saturated rings. The summed E-state index contributed by atoms with van der Waals surface area (Å²) in [5.41, 5.74) is 5.49. The van der Waals surface area contributed by atoms with Crippen LogP contribution < -0.4 is 5.73 Å². The minimum absolute atomic E-state index is 0.0497. The molecule has 2 rings (SSSR count). The maximum Gasteiger partial charge on any atom is 0.410 e. The lowest BCUT2D eigenvalue weighted by Gasteiger charge is -2.20. The minimum Gasteiger partial charge on any atom is -0.398 e. The highest BCUT2D eigenvalue weighted by atomic mass is 31.2. The molecule has 0 spiro atoms. The molecule has 0 aliphatic carbocycles. The molecule has 2 unspecified atom stereocenters. The SMILES string of the molecule is Nc1ccccc1C(=O)OP(=O)(O)C1O[C@H](CO)[C@@H](O)[C@H]1O. The van der Waals surface area contributed by atoms with E-state index in [1.54, 1.807) is 6.07 Å². The first-order valence-electron chi connectivity index (χ1n) is 6.31. The Morgan fingerprint density at radius 3 is 2.50 bits per heavy atom. The van der Waals surface area contributed by atoms with Crippen LogP contribution in [0.3, 0.4) is 0 Å². The van der Waals surface area contributed by atoms with Gasteiger partial charge in [-0.2, -0.15) is 0 Å². The third-order valence-corrected chi connectivity index (χ3v) is 4.73. The summed E-state index contributed by atoms with van der Waals surface area (Å²) in [7, 11) is -4.77. The molecule has 1 saturated heterocycles. The quantitative estimate of drug-likeness (QED) is 0.346. The summed E-state index contributed by atoms with van der Waals surface area (Å²) in [5.74, 6) is -3.02. The van der Waals surface area contributed by atoms with Crippen molar-refractivity contribution < 1.29 is 38.8 Å². The number of aliphatic hydroxyl groups excluding tert-OH is 3. The fourth-order valence-electron chi connectivity index (χ4n) is 2.05. The molecule has 0 saturated carbocycles. The van der Waals surface area contributed by atoms with Gasteiger partial charge in [0.25, 0.3) is 0 Å². The van der Waals surface area contributed by atoms with Crippen molar-refractivity contribution >= 4 is 19.3 Å². The third-order valence-electron chi connectivity index (χ3n) is 3.23. The predicted molar refractivity (Wildman–Crippen MR) is 73.9 cm³/mol. The first kappa shape index (κ1) is 16.9. The van der Waals surface area contributed by atoms with Gasteiger partial charge in [-0.15, -0.1) is 0 Å². The number of ether oxygens (including phenoxy) is 1. The summed E-state index contributed by atoms with van der Waals surface area (Å²) in [6.45, 7) is -0.672. The van der Waals surface area contributed by atoms with E-state index in [4.69, 9.17) is 15.6 Å². The summed E-state index contributed by atoms with van der Waals surface area (Å²) < 4.78 is 21.5. The molecule has 1 aliphatic rings. The number of anilines is 1. The maximum atomic E-state index is 12.1. The van der Waals surface area contributed by atoms with E-state index in [9.17, 15) is 24.5 Å². The van der Waals surface area contributed by atoms with Crippen LogP contribution in [0.4, 0.5) is 5.69 Å². The van der Waals surface area contributed by atoms with Crippen LogP contribution in [0.25, 0.3) is 0 Å². The Hall–Kier alpha value is -1.48. The normalized spacial score (nSPS) is 30.7. The lowest BCUT2D eigenvalue weighted by molar-refractivity contribution is -0.0114. The molecule has 6 N–H and O–H groups in total. The second kappa shape index (κ2) is 6.33. The van der Waals surface area contributed by atoms with E-state index in [0.29, 0.717) is 0 Å². The van der Waals surface area contributed by atoms with Crippen molar-refractivity contribution in [3.8, 4) is 0 Å². The van der Waals surface area contributed by atoms with Gasteiger partial charge in [-0.05, 0) is 12.1 Å². The van der Waals surface area contributed by atoms with Crippen molar-refractivity contribution in [3.63, 3.8) is 0 Å². The number of aliphatic hydroxyl groups is 3. The average Bonchev–Trinajstić information content (AvgIpc) is 2.75. The number of nitrogen functional groups attached to an aromatic ring is 1. The lowest BCUT2D eigenvalue weighted by Crippen LogP contribution is -2.34. The summed E-state index contributed by atoms with van der Waals surface area (Å²) >= 11 is 0. The number of carbonyl (C=O) groups is 1. The number of hydrogen-bond acceptors (Lipinski definition) is 8. The smallest absolute Gasteiger partial charge is 0.398 e. The van der Waals surface area contributed by atoms with Crippen molar-refractivity contribution in [2.24, 2.45) is 0 Å². The van der Waals surface area contributed by atoms with Crippen LogP contribution in [0.5, 0.6) is 0 Å². The second-order valence-corrected chi connectivity index (χ2v) is 6.58. The van der Waals surface area contributed by atoms with Gasteiger partial charge in [-0.3, -0.25) is 0 Å². The van der Waals surface area contributed by atoms with Crippen molar-refractivity contribution in [3.05, 3.63) is 29.8 Å². The van der Waals surface area contributed by atoms with Crippen LogP contribution in [0, 0.1) is 0 Å². The van der Waals surface area contributed by atoms with Crippen LogP contribution in [0.15, 0.2) is 24.3 Å². The highest BCUT2D eigenvalue weighted by molar-refractivity contribution is 7.54. The largest absolute Gasteiger partial charge is 0.410 e. The highest BCUT2D eigenvalue weighted by Gasteiger charge is 2.53. The number of para-hydroxylation sites is 1. The van der Waals surface area contributed by atoms with Gasteiger partial charge in [0.2, 0.25) is 0 Å². The minimum atomic E-state index is -4.77. The fraction of sp³-hybridized carbons (Fsp3) is 0.417. The van der Waals surface area contributed by atoms with Crippen LogP contribution >= 0.6 is 7.60 Å². The summed E-state index contributed by atoms with van der Waals surface area (Å²) in [6, 6.07) is 5.76. The van der Waals surface area contributed by atoms with E-state index in [1.807, 2.05) is 0 Å². The number of rotatable bonds is 4. The van der Waals surface area contributed by atoms with Crippen LogP contribution in [-0.2, 0) is 13.8 Å². The first-order chi connectivity index (χ1) is 10.3. The summed E-state index contributed by atoms with van der Waals surface area (Å²) in [4.78, 5) is 21.7. The predicted octanol–water partition coefficient (Wildman–Crippen LogP) is -0.950. The Morgan fingerprint density at radius 1 is 1.32 bits per heavy atom. The summed E-state index contributed by atoms with van der Waals surface area (Å²) in [6.07, 6.45) is -4.61. The van der Waals surface area contributed by atoms with E-state index in [2.05, 4.69) is 4.52 Å². The molecule has 10 heteroatoms. The van der Waals surface area contributed by atoms with Crippen molar-refractivity contribution in [1.29, 1.82) is 0 Å². The molecule has 0 amide bonds. The lowest BCUT2D eigenvalue weighted by atomic mass is 10.2. The standard InChI is InChI=1S/C12H16NO8P/c13-7-4-2-1-3-6(7)11(17)21-22(18,19)12-10(16)9(15)8(5-14)20-12/h1-4,8-10,12,14-16H,5,13H2,(H,18,19)/t8-,9-,10-,12?/m1/s1. The van der Waals surface area contributed by atoms with Crippen LogP contribution in [-0.4, -0.2) is 56.9 Å². The second-order valence-electron chi connectivity index (χ2n) is 4.76. The number of hydrogen-bond donors (Lipinski definition) is 5. The molecular formula is C12H16NO8P. The van der Waals surface area contributed by atoms with Gasteiger partial charge in [-0.25, -0.2) is 9.36 Å². The topological polar surface area (TPSA) is 160 Å². The molecule has 22 heavy (non-hydrogen) atoms. The molecule has 1 aliphatic heterocycles. The summed E-state index contributed by atoms with van der Waals surface area (Å²) in [5, 5.41) is 28.2. The van der Waals surface area contributed by atoms with Gasteiger partial charge in [0.15, 0.2) is 5.85 Å². The number of nitrogens with two attached hydrogens (primary N) is 1. The first-order valence-corrected chi connectivity index (χ1v) is 7.96. The maximum absolute atomic E-state index is 12.1. The van der Waals surface area contributed by atoms with Gasteiger partial charge in [-0.1, -0.05) is 12.1 Å². The van der Waals surface area contributed by atoms with Crippen molar-refractivity contribution in [2.45, 2.75) is 24.2 Å². The molecule has 0 aromatic heterocycles. The van der Waals surface area contributed by atoms with E-state index in [-0.39, 0.29) is 11.3 Å². The molecule has 5 atom stereocenters. The Balaban J connectivity index is 2.16. The number of carbonyl (C=O) groups excluding carboxylic acids is 1. The fourth-order valence-corrected chi connectivity index (χ4v) is 3.36. The van der Waals surface area contributed by atoms with Crippen molar-refractivity contribution in [2.75, 3.05) is 12.3 Å². The molecule has 0 bridgehead atoms. The van der Waals surface area contributed by atoms with Gasteiger partial charge in [0.05, 0.1) is 12.2 Å². The Labute approximate surface area is 125 Å². The van der Waals surface area contributed by atoms with E-state index in [0.717, 1.165) is 0 Å². The van der Waals surface area contributed by atoms with Crippen LogP contribution in [0.1, 0.15) is 10.4 Å². The van der Waals surface area contributed by atoms with Gasteiger partial charge in [0.1, 0.15) is 18.3 Å². The van der Waals surface area contributed by atoms with Gasteiger partial charge in [0, 0.05) is 5.69 Å². The molecular weight excluding hydrogens is 317 g/mol. The van der Waals surface area contributed by atoms with E-state index < -0.39 is 44.3 Å². The monoisotopic (exact) mass is 333 g/mol. The molecule has 0 radical (unpaired) electrons. The van der Waals surface area contributed by atoms with E-state index >= 15 is 0 Å². The van der Waals surface area contributed by atoms with E-state index in [1.165, 1.54) is 18.2 Å². The Morgan fingerprint density at radius 2 is 1.95 bits per heavy atom. The van der Waals surface area contributed by atoms with Gasteiger partial charge < -0.3 is 35.2 Å². The van der Waals surface area contributed by atoms with Gasteiger partial charge >= 0.3 is 13.6 Å². The van der Waals surface area contributed by atoms with Crippen molar-refractivity contribution in [1.82, 2.24) is 0 Å². The number of benzene rings is 1. The van der Waals surface area contributed by atoms with Crippen LogP contribution in [0.2, 0.25) is 0 Å². The molecule has 1 heterocycles. The zero-order valence-electron chi connectivity index (χ0n) is 11.3. The molecule has 1 aromatic carbocycles. The Kier molecular flexibility index (Phi) is 4.86. The molecule has 9 nitrogen and oxygen atoms in total. The Bertz CT molecular complexity index is 609. The molecule has 122 valence electrons. The third kappa shape index (κ3) is 3.14. The molecule has 1 aromatic rings. The zero-order chi connectivity index (χ0) is 16.5. The highest BCUT2D eigenvalue weighted by Crippen LogP contribution is 2.53. The average molecular weight is 333 g/mol. The zero-order valence-corrected chi connectivity index (χ0v) is 12.2.